The third kappa shape index (κ3) is 2.33. The van der Waals surface area contributed by atoms with Crippen molar-refractivity contribution >= 4 is 5.91 Å². The molecule has 0 aromatic carbocycles. The molecule has 1 amide bonds. The van der Waals surface area contributed by atoms with E-state index in [4.69, 9.17) is 5.73 Å². The van der Waals surface area contributed by atoms with Gasteiger partial charge in [-0.25, -0.2) is 0 Å². The molecule has 0 heterocycles. The Balaban J connectivity index is 1.79. The predicted molar refractivity (Wildman–Crippen MR) is 60.3 cm³/mol. The van der Waals surface area contributed by atoms with Crippen molar-refractivity contribution in [3.63, 3.8) is 0 Å². The molecule has 3 N–H and O–H groups in total. The normalized spacial score (nSPS) is 34.3. The van der Waals surface area contributed by atoms with E-state index in [9.17, 15) is 4.79 Å². The van der Waals surface area contributed by atoms with Crippen LogP contribution in [0.3, 0.4) is 0 Å². The summed E-state index contributed by atoms with van der Waals surface area (Å²) in [6.45, 7) is 2.29. The number of nitrogens with two attached hydrogens (primary N) is 1. The fraction of sp³-hybridized carbons (Fsp3) is 0.917. The van der Waals surface area contributed by atoms with Gasteiger partial charge in [-0.2, -0.15) is 0 Å². The average Bonchev–Trinajstić information content (AvgIpc) is 2.18. The van der Waals surface area contributed by atoms with Gasteiger partial charge in [0.25, 0.3) is 0 Å². The van der Waals surface area contributed by atoms with Crippen LogP contribution in [0.5, 0.6) is 0 Å². The summed E-state index contributed by atoms with van der Waals surface area (Å²) >= 11 is 0. The molecule has 0 aromatic rings. The maximum absolute atomic E-state index is 11.9. The van der Waals surface area contributed by atoms with E-state index in [2.05, 4.69) is 12.2 Å². The van der Waals surface area contributed by atoms with Crippen molar-refractivity contribution in [1.82, 2.24) is 5.32 Å². The molecule has 0 unspecified atom stereocenters. The number of rotatable bonds is 2. The number of amides is 1. The van der Waals surface area contributed by atoms with Gasteiger partial charge >= 0.3 is 0 Å². The average molecular weight is 210 g/mol. The fourth-order valence-corrected chi connectivity index (χ4v) is 2.52. The van der Waals surface area contributed by atoms with Crippen molar-refractivity contribution < 1.29 is 4.79 Å². The van der Waals surface area contributed by atoms with Gasteiger partial charge in [0, 0.05) is 6.04 Å². The first-order valence-corrected chi connectivity index (χ1v) is 6.20. The number of nitrogens with one attached hydrogen (secondary N) is 1. The summed E-state index contributed by atoms with van der Waals surface area (Å²) in [7, 11) is 0. The smallest absolute Gasteiger partial charge is 0.240 e. The van der Waals surface area contributed by atoms with Crippen LogP contribution in [0.4, 0.5) is 0 Å². The van der Waals surface area contributed by atoms with Crippen LogP contribution < -0.4 is 11.1 Å². The van der Waals surface area contributed by atoms with E-state index in [0.717, 1.165) is 38.0 Å². The second kappa shape index (κ2) is 4.12. The first-order valence-electron chi connectivity index (χ1n) is 6.20. The van der Waals surface area contributed by atoms with Gasteiger partial charge in [-0.15, -0.1) is 0 Å². The molecule has 2 aliphatic rings. The summed E-state index contributed by atoms with van der Waals surface area (Å²) in [4.78, 5) is 11.9. The van der Waals surface area contributed by atoms with Crippen molar-refractivity contribution in [2.45, 2.75) is 63.5 Å². The second-order valence-corrected chi connectivity index (χ2v) is 5.44. The van der Waals surface area contributed by atoms with Crippen molar-refractivity contribution in [2.24, 2.45) is 11.7 Å². The molecular formula is C12H22N2O. The minimum absolute atomic E-state index is 0.0910. The maximum Gasteiger partial charge on any atom is 0.240 e. The highest BCUT2D eigenvalue weighted by Gasteiger charge is 2.40. The molecule has 0 aromatic heterocycles. The van der Waals surface area contributed by atoms with Gasteiger partial charge in [0.05, 0.1) is 5.54 Å². The Hall–Kier alpha value is -0.570. The lowest BCUT2D eigenvalue weighted by atomic mass is 9.76. The van der Waals surface area contributed by atoms with Crippen LogP contribution in [0.15, 0.2) is 0 Å². The van der Waals surface area contributed by atoms with Crippen molar-refractivity contribution in [1.29, 1.82) is 0 Å². The molecule has 0 atom stereocenters. The van der Waals surface area contributed by atoms with Gasteiger partial charge < -0.3 is 11.1 Å². The number of hydrogen-bond acceptors (Lipinski definition) is 2. The molecule has 86 valence electrons. The SMILES string of the molecule is C[C@H]1CC[C@H](NC(=O)C2(N)CCC2)CC1. The highest BCUT2D eigenvalue weighted by atomic mass is 16.2. The Bertz CT molecular complexity index is 240. The zero-order valence-corrected chi connectivity index (χ0v) is 9.59. The minimum atomic E-state index is -0.525. The number of carbonyl (C=O) groups excluding carboxylic acids is 1. The molecule has 15 heavy (non-hydrogen) atoms. The van der Waals surface area contributed by atoms with E-state index in [-0.39, 0.29) is 5.91 Å². The molecule has 3 nitrogen and oxygen atoms in total. The van der Waals surface area contributed by atoms with Crippen LogP contribution in [-0.4, -0.2) is 17.5 Å². The van der Waals surface area contributed by atoms with Gasteiger partial charge in [-0.3, -0.25) is 4.79 Å². The standard InChI is InChI=1S/C12H22N2O/c1-9-3-5-10(6-4-9)14-11(15)12(13)7-2-8-12/h9-10H,2-8,13H2,1H3,(H,14,15)/t9-,10-. The lowest BCUT2D eigenvalue weighted by molar-refractivity contribution is -0.130. The third-order valence-corrected chi connectivity index (χ3v) is 4.05. The molecule has 2 aliphatic carbocycles. The molecular weight excluding hydrogens is 188 g/mol. The predicted octanol–water partition coefficient (Wildman–Crippen LogP) is 1.56. The summed E-state index contributed by atoms with van der Waals surface area (Å²) < 4.78 is 0. The highest BCUT2D eigenvalue weighted by molar-refractivity contribution is 5.87. The summed E-state index contributed by atoms with van der Waals surface area (Å²) in [5, 5.41) is 3.12. The topological polar surface area (TPSA) is 55.1 Å². The molecule has 0 bridgehead atoms. The zero-order chi connectivity index (χ0) is 10.9. The van der Waals surface area contributed by atoms with Crippen LogP contribution >= 0.6 is 0 Å². The van der Waals surface area contributed by atoms with Crippen molar-refractivity contribution in [2.75, 3.05) is 0 Å². The van der Waals surface area contributed by atoms with E-state index in [0.29, 0.717) is 6.04 Å². The molecule has 0 spiro atoms. The molecule has 2 saturated carbocycles. The van der Waals surface area contributed by atoms with Crippen LogP contribution in [0.2, 0.25) is 0 Å². The lowest BCUT2D eigenvalue weighted by Crippen LogP contribution is -2.60. The van der Waals surface area contributed by atoms with Crippen molar-refractivity contribution in [3.05, 3.63) is 0 Å². The molecule has 2 rings (SSSR count). The first-order chi connectivity index (χ1) is 7.10. The quantitative estimate of drug-likeness (QED) is 0.726. The van der Waals surface area contributed by atoms with Crippen LogP contribution in [0, 0.1) is 5.92 Å². The van der Waals surface area contributed by atoms with E-state index in [1.165, 1.54) is 12.8 Å². The summed E-state index contributed by atoms with van der Waals surface area (Å²) in [5.74, 6) is 0.919. The van der Waals surface area contributed by atoms with E-state index in [1.807, 2.05) is 0 Å². The Morgan fingerprint density at radius 1 is 1.27 bits per heavy atom. The summed E-state index contributed by atoms with van der Waals surface area (Å²) in [5.41, 5.74) is 5.45. The van der Waals surface area contributed by atoms with Gasteiger partial charge in [0.2, 0.25) is 5.91 Å². The Kier molecular flexibility index (Phi) is 3.01. The van der Waals surface area contributed by atoms with Gasteiger partial charge in [-0.1, -0.05) is 6.92 Å². The highest BCUT2D eigenvalue weighted by Crippen LogP contribution is 2.30. The van der Waals surface area contributed by atoms with Crippen molar-refractivity contribution in [3.8, 4) is 0 Å². The van der Waals surface area contributed by atoms with E-state index >= 15 is 0 Å². The Morgan fingerprint density at radius 2 is 1.87 bits per heavy atom. The Labute approximate surface area is 91.8 Å². The van der Waals surface area contributed by atoms with E-state index < -0.39 is 5.54 Å². The van der Waals surface area contributed by atoms with Crippen LogP contribution in [-0.2, 0) is 4.79 Å². The summed E-state index contributed by atoms with van der Waals surface area (Å²) in [6.07, 6.45) is 7.56. The maximum atomic E-state index is 11.9. The fourth-order valence-electron chi connectivity index (χ4n) is 2.52. The number of hydrogen-bond donors (Lipinski definition) is 2. The first kappa shape index (κ1) is 10.9. The van der Waals surface area contributed by atoms with Gasteiger partial charge in [-0.05, 0) is 50.9 Å². The minimum Gasteiger partial charge on any atom is -0.352 e. The molecule has 3 heteroatoms. The van der Waals surface area contributed by atoms with Gasteiger partial charge in [0.1, 0.15) is 0 Å². The zero-order valence-electron chi connectivity index (χ0n) is 9.59. The Morgan fingerprint density at radius 3 is 2.33 bits per heavy atom. The molecule has 0 aliphatic heterocycles. The summed E-state index contributed by atoms with van der Waals surface area (Å²) in [6, 6.07) is 0.384. The number of carbonyl (C=O) groups is 1. The van der Waals surface area contributed by atoms with Crippen LogP contribution in [0.1, 0.15) is 51.9 Å². The third-order valence-electron chi connectivity index (χ3n) is 4.05. The lowest BCUT2D eigenvalue weighted by Gasteiger charge is -2.38. The molecule has 2 fully saturated rings. The second-order valence-electron chi connectivity index (χ2n) is 5.44. The monoisotopic (exact) mass is 210 g/mol. The van der Waals surface area contributed by atoms with Gasteiger partial charge in [0.15, 0.2) is 0 Å². The van der Waals surface area contributed by atoms with E-state index in [1.54, 1.807) is 0 Å². The van der Waals surface area contributed by atoms with Crippen LogP contribution in [0.25, 0.3) is 0 Å². The molecule has 0 saturated heterocycles. The molecule has 0 radical (unpaired) electrons. The largest absolute Gasteiger partial charge is 0.352 e.